The van der Waals surface area contributed by atoms with E-state index in [9.17, 15) is 0 Å². The molecule has 100 valence electrons. The van der Waals surface area contributed by atoms with E-state index in [1.165, 1.54) is 19.3 Å². The molecule has 1 aromatic rings. The van der Waals surface area contributed by atoms with E-state index >= 15 is 0 Å². The molecular formula is C12H20ClN5. The fraction of sp³-hybridized carbons (Fsp3) is 0.750. The van der Waals surface area contributed by atoms with Crippen molar-refractivity contribution in [2.24, 2.45) is 5.92 Å². The van der Waals surface area contributed by atoms with Gasteiger partial charge in [-0.1, -0.05) is 19.8 Å². The van der Waals surface area contributed by atoms with Crippen molar-refractivity contribution in [3.63, 3.8) is 0 Å². The SMILES string of the molecule is CCCNc1nc(Cl)nc(NC(C)CC2CC2)n1. The van der Waals surface area contributed by atoms with E-state index < -0.39 is 0 Å². The lowest BCUT2D eigenvalue weighted by molar-refractivity contribution is 0.637. The smallest absolute Gasteiger partial charge is 0.229 e. The van der Waals surface area contributed by atoms with Gasteiger partial charge in [0.25, 0.3) is 0 Å². The van der Waals surface area contributed by atoms with Gasteiger partial charge in [-0.2, -0.15) is 15.0 Å². The van der Waals surface area contributed by atoms with Gasteiger partial charge in [0.1, 0.15) is 0 Å². The summed E-state index contributed by atoms with van der Waals surface area (Å²) in [4.78, 5) is 12.5. The number of nitrogens with zero attached hydrogens (tertiary/aromatic N) is 3. The van der Waals surface area contributed by atoms with Crippen LogP contribution in [0, 0.1) is 5.92 Å². The average Bonchev–Trinajstić information content (AvgIpc) is 3.09. The van der Waals surface area contributed by atoms with Crippen molar-refractivity contribution in [1.82, 2.24) is 15.0 Å². The second-order valence-electron chi connectivity index (χ2n) is 4.90. The predicted molar refractivity (Wildman–Crippen MR) is 74.0 cm³/mol. The number of aromatic nitrogens is 3. The third-order valence-corrected chi connectivity index (χ3v) is 3.07. The van der Waals surface area contributed by atoms with Crippen LogP contribution >= 0.6 is 11.6 Å². The molecule has 5 nitrogen and oxygen atoms in total. The number of halogens is 1. The Labute approximate surface area is 113 Å². The van der Waals surface area contributed by atoms with Crippen LogP contribution in [0.1, 0.15) is 39.5 Å². The van der Waals surface area contributed by atoms with Crippen molar-refractivity contribution < 1.29 is 0 Å². The lowest BCUT2D eigenvalue weighted by Crippen LogP contribution is -2.18. The zero-order valence-corrected chi connectivity index (χ0v) is 11.7. The van der Waals surface area contributed by atoms with Gasteiger partial charge in [0.2, 0.25) is 17.2 Å². The Kier molecular flexibility index (Phi) is 4.58. The van der Waals surface area contributed by atoms with Gasteiger partial charge in [0, 0.05) is 12.6 Å². The number of hydrogen-bond acceptors (Lipinski definition) is 5. The van der Waals surface area contributed by atoms with Gasteiger partial charge in [-0.05, 0) is 37.3 Å². The van der Waals surface area contributed by atoms with Crippen LogP contribution in [0.5, 0.6) is 0 Å². The van der Waals surface area contributed by atoms with Crippen molar-refractivity contribution in [1.29, 1.82) is 0 Å². The summed E-state index contributed by atoms with van der Waals surface area (Å²) < 4.78 is 0. The van der Waals surface area contributed by atoms with Gasteiger partial charge < -0.3 is 10.6 Å². The van der Waals surface area contributed by atoms with Crippen molar-refractivity contribution in [2.45, 2.75) is 45.6 Å². The molecule has 0 radical (unpaired) electrons. The van der Waals surface area contributed by atoms with E-state index in [1.54, 1.807) is 0 Å². The second-order valence-corrected chi connectivity index (χ2v) is 5.24. The molecule has 0 bridgehead atoms. The Morgan fingerprint density at radius 1 is 1.28 bits per heavy atom. The summed E-state index contributed by atoms with van der Waals surface area (Å²) in [7, 11) is 0. The molecule has 6 heteroatoms. The molecule has 1 aromatic heterocycles. The topological polar surface area (TPSA) is 62.7 Å². The Bertz CT molecular complexity index is 394. The number of anilines is 2. The zero-order valence-electron chi connectivity index (χ0n) is 10.9. The molecule has 1 aliphatic carbocycles. The fourth-order valence-corrected chi connectivity index (χ4v) is 2.02. The van der Waals surface area contributed by atoms with Crippen LogP contribution in [0.3, 0.4) is 0 Å². The normalized spacial score (nSPS) is 16.4. The molecule has 18 heavy (non-hydrogen) atoms. The maximum absolute atomic E-state index is 5.89. The maximum atomic E-state index is 5.89. The Hall–Kier alpha value is -1.10. The molecule has 0 aromatic carbocycles. The number of nitrogens with one attached hydrogen (secondary N) is 2. The lowest BCUT2D eigenvalue weighted by Gasteiger charge is -2.13. The van der Waals surface area contributed by atoms with Crippen LogP contribution in [-0.4, -0.2) is 27.5 Å². The van der Waals surface area contributed by atoms with E-state index in [2.05, 4.69) is 39.4 Å². The molecule has 2 N–H and O–H groups in total. The average molecular weight is 270 g/mol. The fourth-order valence-electron chi connectivity index (χ4n) is 1.86. The van der Waals surface area contributed by atoms with Crippen LogP contribution in [0.25, 0.3) is 0 Å². The molecule has 0 aliphatic heterocycles. The van der Waals surface area contributed by atoms with E-state index in [1.807, 2.05) is 0 Å². The van der Waals surface area contributed by atoms with Crippen LogP contribution in [0.15, 0.2) is 0 Å². The standard InChI is InChI=1S/C12H20ClN5/c1-3-6-14-11-16-10(13)17-12(18-11)15-8(2)7-9-4-5-9/h8-9H,3-7H2,1-2H3,(H2,14,15,16,17,18). The van der Waals surface area contributed by atoms with Crippen LogP contribution in [-0.2, 0) is 0 Å². The zero-order chi connectivity index (χ0) is 13.0. The van der Waals surface area contributed by atoms with Crippen LogP contribution in [0.2, 0.25) is 5.28 Å². The first-order valence-corrected chi connectivity index (χ1v) is 6.97. The Morgan fingerprint density at radius 2 is 2.00 bits per heavy atom. The molecular weight excluding hydrogens is 250 g/mol. The molecule has 0 saturated heterocycles. The van der Waals surface area contributed by atoms with E-state index in [0.717, 1.165) is 18.9 Å². The molecule has 1 heterocycles. The van der Waals surface area contributed by atoms with Crippen molar-refractivity contribution >= 4 is 23.5 Å². The van der Waals surface area contributed by atoms with Crippen LogP contribution in [0.4, 0.5) is 11.9 Å². The maximum Gasteiger partial charge on any atom is 0.229 e. The summed E-state index contributed by atoms with van der Waals surface area (Å²) in [5.41, 5.74) is 0. The van der Waals surface area contributed by atoms with E-state index in [-0.39, 0.29) is 5.28 Å². The Balaban J connectivity index is 1.94. The minimum atomic E-state index is 0.227. The highest BCUT2D eigenvalue weighted by Crippen LogP contribution is 2.33. The van der Waals surface area contributed by atoms with Crippen molar-refractivity contribution in [3.05, 3.63) is 5.28 Å². The summed E-state index contributed by atoms with van der Waals surface area (Å²) in [6.45, 7) is 5.07. The summed E-state index contributed by atoms with van der Waals surface area (Å²) in [6.07, 6.45) is 4.89. The number of rotatable bonds is 7. The minimum Gasteiger partial charge on any atom is -0.354 e. The van der Waals surface area contributed by atoms with Gasteiger partial charge in [-0.15, -0.1) is 0 Å². The van der Waals surface area contributed by atoms with Crippen molar-refractivity contribution in [3.8, 4) is 0 Å². The molecule has 1 aliphatic rings. The van der Waals surface area contributed by atoms with Crippen molar-refractivity contribution in [2.75, 3.05) is 17.2 Å². The highest BCUT2D eigenvalue weighted by Gasteiger charge is 2.23. The monoisotopic (exact) mass is 269 g/mol. The molecule has 1 unspecified atom stereocenters. The second kappa shape index (κ2) is 6.18. The minimum absolute atomic E-state index is 0.227. The van der Waals surface area contributed by atoms with Crippen LogP contribution < -0.4 is 10.6 Å². The largest absolute Gasteiger partial charge is 0.354 e. The molecule has 1 saturated carbocycles. The van der Waals surface area contributed by atoms with Gasteiger partial charge in [0.15, 0.2) is 0 Å². The highest BCUT2D eigenvalue weighted by atomic mass is 35.5. The number of hydrogen-bond donors (Lipinski definition) is 2. The van der Waals surface area contributed by atoms with Gasteiger partial charge in [-0.3, -0.25) is 0 Å². The molecule has 2 rings (SSSR count). The first-order valence-electron chi connectivity index (χ1n) is 6.59. The van der Waals surface area contributed by atoms with E-state index in [4.69, 9.17) is 11.6 Å². The molecule has 0 amide bonds. The predicted octanol–water partition coefficient (Wildman–Crippen LogP) is 2.95. The van der Waals surface area contributed by atoms with Gasteiger partial charge in [0.05, 0.1) is 0 Å². The third kappa shape index (κ3) is 4.29. The molecule has 1 atom stereocenters. The van der Waals surface area contributed by atoms with E-state index in [0.29, 0.717) is 17.9 Å². The first-order chi connectivity index (χ1) is 8.67. The third-order valence-electron chi connectivity index (χ3n) is 2.90. The molecule has 1 fully saturated rings. The summed E-state index contributed by atoms with van der Waals surface area (Å²) in [5, 5.41) is 6.63. The Morgan fingerprint density at radius 3 is 2.67 bits per heavy atom. The van der Waals surface area contributed by atoms with Gasteiger partial charge in [-0.25, -0.2) is 0 Å². The van der Waals surface area contributed by atoms with Gasteiger partial charge >= 0.3 is 0 Å². The summed E-state index contributed by atoms with van der Waals surface area (Å²) >= 11 is 5.89. The highest BCUT2D eigenvalue weighted by molar-refractivity contribution is 6.28. The first kappa shape index (κ1) is 13.3. The molecule has 0 spiro atoms. The summed E-state index contributed by atoms with van der Waals surface area (Å²) in [6, 6.07) is 0.370. The lowest BCUT2D eigenvalue weighted by atomic mass is 10.2. The summed E-state index contributed by atoms with van der Waals surface area (Å²) in [5.74, 6) is 1.97. The quantitative estimate of drug-likeness (QED) is 0.797.